The molecule has 1 aromatic heterocycles. The van der Waals surface area contributed by atoms with E-state index in [4.69, 9.17) is 4.74 Å². The molecule has 98 valence electrons. The van der Waals surface area contributed by atoms with Gasteiger partial charge in [-0.05, 0) is 45.8 Å². The zero-order valence-electron chi connectivity index (χ0n) is 10.2. The Bertz CT molecular complexity index is 614. The van der Waals surface area contributed by atoms with Gasteiger partial charge >= 0.3 is 0 Å². The standard InChI is InChI=1S/C14H11Br2NO2/c1-19-11-2-3-13(16)12(6-11)14(18)5-9-4-10(15)8-17-7-9/h2-4,6-8H,5H2,1H3. The molecule has 1 aromatic carbocycles. The SMILES string of the molecule is COc1ccc(Br)c(C(=O)Cc2cncc(Br)c2)c1. The van der Waals surface area contributed by atoms with Crippen LogP contribution < -0.4 is 4.74 Å². The molecule has 2 aromatic rings. The second-order valence-electron chi connectivity index (χ2n) is 3.96. The molecule has 0 N–H and O–H groups in total. The van der Waals surface area contributed by atoms with Crippen molar-refractivity contribution in [3.63, 3.8) is 0 Å². The Morgan fingerprint density at radius 1 is 1.26 bits per heavy atom. The minimum atomic E-state index is 0.0191. The van der Waals surface area contributed by atoms with Gasteiger partial charge in [0.1, 0.15) is 5.75 Å². The van der Waals surface area contributed by atoms with Crippen LogP contribution in [0, 0.1) is 0 Å². The number of benzene rings is 1. The Hall–Kier alpha value is -1.20. The van der Waals surface area contributed by atoms with Gasteiger partial charge < -0.3 is 4.74 Å². The van der Waals surface area contributed by atoms with Crippen LogP contribution in [0.15, 0.2) is 45.6 Å². The number of rotatable bonds is 4. The topological polar surface area (TPSA) is 39.2 Å². The van der Waals surface area contributed by atoms with Gasteiger partial charge in [0.15, 0.2) is 5.78 Å². The van der Waals surface area contributed by atoms with Crippen molar-refractivity contribution in [1.82, 2.24) is 4.98 Å². The van der Waals surface area contributed by atoms with E-state index in [2.05, 4.69) is 36.8 Å². The van der Waals surface area contributed by atoms with Crippen molar-refractivity contribution >= 4 is 37.6 Å². The number of Topliss-reactive ketones (excluding diaryl/α,β-unsaturated/α-hetero) is 1. The van der Waals surface area contributed by atoms with Gasteiger partial charge in [0, 0.05) is 33.3 Å². The summed E-state index contributed by atoms with van der Waals surface area (Å²) < 4.78 is 6.76. The third-order valence-electron chi connectivity index (χ3n) is 2.60. The van der Waals surface area contributed by atoms with E-state index in [1.807, 2.05) is 18.2 Å². The molecule has 0 spiro atoms. The van der Waals surface area contributed by atoms with Crippen LogP contribution in [-0.2, 0) is 6.42 Å². The lowest BCUT2D eigenvalue weighted by Gasteiger charge is -2.07. The van der Waals surface area contributed by atoms with Gasteiger partial charge in [-0.15, -0.1) is 0 Å². The first-order valence-corrected chi connectivity index (χ1v) is 7.15. The number of aromatic nitrogens is 1. The molecule has 0 radical (unpaired) electrons. The molecule has 0 saturated carbocycles. The molecule has 0 aliphatic heterocycles. The van der Waals surface area contributed by atoms with Gasteiger partial charge in [-0.2, -0.15) is 0 Å². The molecule has 2 rings (SSSR count). The summed E-state index contributed by atoms with van der Waals surface area (Å²) in [4.78, 5) is 16.3. The predicted octanol–water partition coefficient (Wildman–Crippen LogP) is 4.04. The highest BCUT2D eigenvalue weighted by Crippen LogP contribution is 2.24. The smallest absolute Gasteiger partial charge is 0.168 e. The van der Waals surface area contributed by atoms with Gasteiger partial charge in [-0.25, -0.2) is 0 Å². The number of ketones is 1. The summed E-state index contributed by atoms with van der Waals surface area (Å²) in [6.45, 7) is 0. The number of halogens is 2. The predicted molar refractivity (Wildman–Crippen MR) is 80.7 cm³/mol. The molecule has 0 atom stereocenters. The summed E-state index contributed by atoms with van der Waals surface area (Å²) >= 11 is 6.73. The first-order valence-electron chi connectivity index (χ1n) is 5.56. The normalized spacial score (nSPS) is 10.3. The second kappa shape index (κ2) is 6.30. The lowest BCUT2D eigenvalue weighted by Crippen LogP contribution is -2.05. The van der Waals surface area contributed by atoms with E-state index < -0.39 is 0 Å². The molecule has 0 bridgehead atoms. The number of hydrogen-bond acceptors (Lipinski definition) is 3. The van der Waals surface area contributed by atoms with Gasteiger partial charge in [0.2, 0.25) is 0 Å². The van der Waals surface area contributed by atoms with Gasteiger partial charge in [-0.1, -0.05) is 15.9 Å². The van der Waals surface area contributed by atoms with Crippen LogP contribution in [0.1, 0.15) is 15.9 Å². The lowest BCUT2D eigenvalue weighted by molar-refractivity contribution is 0.0992. The molecule has 0 saturated heterocycles. The van der Waals surface area contributed by atoms with Crippen molar-refractivity contribution in [2.45, 2.75) is 6.42 Å². The fourth-order valence-electron chi connectivity index (χ4n) is 1.68. The van der Waals surface area contributed by atoms with Crippen molar-refractivity contribution in [3.8, 4) is 5.75 Å². The minimum absolute atomic E-state index is 0.0191. The zero-order valence-corrected chi connectivity index (χ0v) is 13.4. The average molecular weight is 385 g/mol. The van der Waals surface area contributed by atoms with Crippen LogP contribution in [0.5, 0.6) is 5.75 Å². The number of carbonyl (C=O) groups excluding carboxylic acids is 1. The van der Waals surface area contributed by atoms with Gasteiger partial charge in [0.25, 0.3) is 0 Å². The quantitative estimate of drug-likeness (QED) is 0.746. The number of nitrogens with zero attached hydrogens (tertiary/aromatic N) is 1. The fraction of sp³-hybridized carbons (Fsp3) is 0.143. The van der Waals surface area contributed by atoms with Crippen LogP contribution in [0.3, 0.4) is 0 Å². The molecule has 0 aliphatic carbocycles. The number of methoxy groups -OCH3 is 1. The molecule has 0 unspecified atom stereocenters. The highest BCUT2D eigenvalue weighted by atomic mass is 79.9. The van der Waals surface area contributed by atoms with E-state index in [0.29, 0.717) is 17.7 Å². The summed E-state index contributed by atoms with van der Waals surface area (Å²) in [5.41, 5.74) is 1.48. The average Bonchev–Trinajstić information content (AvgIpc) is 2.39. The Balaban J connectivity index is 2.25. The fourth-order valence-corrected chi connectivity index (χ4v) is 2.56. The minimum Gasteiger partial charge on any atom is -0.497 e. The maximum atomic E-state index is 12.3. The van der Waals surface area contributed by atoms with Crippen molar-refractivity contribution in [1.29, 1.82) is 0 Å². The van der Waals surface area contributed by atoms with Crippen LogP contribution in [0.2, 0.25) is 0 Å². The second-order valence-corrected chi connectivity index (χ2v) is 5.73. The highest BCUT2D eigenvalue weighted by molar-refractivity contribution is 9.10. The molecule has 3 nitrogen and oxygen atoms in total. The van der Waals surface area contributed by atoms with Crippen molar-refractivity contribution in [3.05, 3.63) is 56.7 Å². The summed E-state index contributed by atoms with van der Waals surface area (Å²) in [7, 11) is 1.58. The van der Waals surface area contributed by atoms with Crippen molar-refractivity contribution in [2.75, 3.05) is 7.11 Å². The monoisotopic (exact) mass is 383 g/mol. The highest BCUT2D eigenvalue weighted by Gasteiger charge is 2.12. The lowest BCUT2D eigenvalue weighted by atomic mass is 10.0. The Morgan fingerprint density at radius 2 is 2.05 bits per heavy atom. The summed E-state index contributed by atoms with van der Waals surface area (Å²) in [5, 5.41) is 0. The molecule has 19 heavy (non-hydrogen) atoms. The van der Waals surface area contributed by atoms with Crippen molar-refractivity contribution < 1.29 is 9.53 Å². The van der Waals surface area contributed by atoms with Crippen molar-refractivity contribution in [2.24, 2.45) is 0 Å². The number of carbonyl (C=O) groups is 1. The third-order valence-corrected chi connectivity index (χ3v) is 3.73. The maximum absolute atomic E-state index is 12.3. The Kier molecular flexibility index (Phi) is 4.71. The molecular weight excluding hydrogens is 374 g/mol. The van der Waals surface area contributed by atoms with E-state index in [1.54, 1.807) is 25.6 Å². The first kappa shape index (κ1) is 14.2. The summed E-state index contributed by atoms with van der Waals surface area (Å²) in [6.07, 6.45) is 3.68. The molecule has 0 fully saturated rings. The van der Waals surface area contributed by atoms with E-state index in [1.165, 1.54) is 0 Å². The Morgan fingerprint density at radius 3 is 2.74 bits per heavy atom. The number of ether oxygens (including phenoxy) is 1. The van der Waals surface area contributed by atoms with Gasteiger partial charge in [-0.3, -0.25) is 9.78 Å². The molecule has 5 heteroatoms. The van der Waals surface area contributed by atoms with Gasteiger partial charge in [0.05, 0.1) is 7.11 Å². The summed E-state index contributed by atoms with van der Waals surface area (Å²) in [5.74, 6) is 0.685. The first-order chi connectivity index (χ1) is 9.10. The maximum Gasteiger partial charge on any atom is 0.168 e. The van der Waals surface area contributed by atoms with Crippen LogP contribution in [0.4, 0.5) is 0 Å². The molecule has 1 heterocycles. The Labute approximate surface area is 128 Å². The van der Waals surface area contributed by atoms with Crippen LogP contribution in [-0.4, -0.2) is 17.9 Å². The largest absolute Gasteiger partial charge is 0.497 e. The number of hydrogen-bond donors (Lipinski definition) is 0. The third kappa shape index (κ3) is 3.64. The molecular formula is C14H11Br2NO2. The van der Waals surface area contributed by atoms with Crippen LogP contribution in [0.25, 0.3) is 0 Å². The van der Waals surface area contributed by atoms with E-state index >= 15 is 0 Å². The van der Waals surface area contributed by atoms with E-state index in [9.17, 15) is 4.79 Å². The van der Waals surface area contributed by atoms with Crippen LogP contribution >= 0.6 is 31.9 Å². The van der Waals surface area contributed by atoms with E-state index in [0.717, 1.165) is 14.5 Å². The number of pyridine rings is 1. The molecule has 0 aliphatic rings. The summed E-state index contributed by atoms with van der Waals surface area (Å²) in [6, 6.07) is 7.24. The van der Waals surface area contributed by atoms with E-state index in [-0.39, 0.29) is 5.78 Å². The zero-order chi connectivity index (χ0) is 13.8. The molecule has 0 amide bonds.